The van der Waals surface area contributed by atoms with E-state index < -0.39 is 5.60 Å². The highest BCUT2D eigenvalue weighted by Gasteiger charge is 2.36. The minimum absolute atomic E-state index is 0.0199. The number of hydrogen-bond donors (Lipinski definition) is 0. The van der Waals surface area contributed by atoms with Crippen LogP contribution in [-0.4, -0.2) is 69.4 Å². The van der Waals surface area contributed by atoms with Crippen LogP contribution in [0.1, 0.15) is 41.0 Å². The number of fused-ring (bicyclic) bond motifs is 1. The highest BCUT2D eigenvalue weighted by atomic mass is 35.5. The number of amides is 1. The van der Waals surface area contributed by atoms with Crippen molar-refractivity contribution in [1.29, 1.82) is 0 Å². The molecule has 0 radical (unpaired) electrons. The Morgan fingerprint density at radius 3 is 2.54 bits per heavy atom. The fourth-order valence-electron chi connectivity index (χ4n) is 4.86. The van der Waals surface area contributed by atoms with Crippen molar-refractivity contribution in [2.75, 3.05) is 36.0 Å². The number of rotatable bonds is 3. The number of carbonyl (C=O) groups is 1. The van der Waals surface area contributed by atoms with E-state index in [2.05, 4.69) is 34.4 Å². The van der Waals surface area contributed by atoms with Gasteiger partial charge in [0.25, 0.3) is 0 Å². The van der Waals surface area contributed by atoms with E-state index in [9.17, 15) is 4.79 Å². The largest absolute Gasteiger partial charge is 0.444 e. The van der Waals surface area contributed by atoms with Crippen molar-refractivity contribution in [3.05, 3.63) is 41.8 Å². The Bertz CT molecular complexity index is 1250. The summed E-state index contributed by atoms with van der Waals surface area (Å²) in [4.78, 5) is 28.8. The van der Waals surface area contributed by atoms with Gasteiger partial charge in [-0.05, 0) is 59.2 Å². The molecule has 1 aromatic carbocycles. The van der Waals surface area contributed by atoms with Gasteiger partial charge in [-0.25, -0.2) is 14.8 Å². The van der Waals surface area contributed by atoms with Crippen LogP contribution in [0, 0.1) is 0 Å². The van der Waals surface area contributed by atoms with Gasteiger partial charge in [0.1, 0.15) is 17.7 Å². The summed E-state index contributed by atoms with van der Waals surface area (Å²) in [6.45, 7) is 13.1. The van der Waals surface area contributed by atoms with E-state index >= 15 is 0 Å². The van der Waals surface area contributed by atoms with E-state index in [1.807, 2.05) is 49.9 Å². The Labute approximate surface area is 211 Å². The van der Waals surface area contributed by atoms with E-state index in [1.54, 1.807) is 6.33 Å². The molecule has 4 heterocycles. The maximum Gasteiger partial charge on any atom is 0.410 e. The van der Waals surface area contributed by atoms with Gasteiger partial charge in [-0.3, -0.25) is 4.57 Å². The Hall–Kier alpha value is -3.00. The molecule has 3 aromatic rings. The van der Waals surface area contributed by atoms with Crippen molar-refractivity contribution in [1.82, 2.24) is 19.4 Å². The second-order valence-electron chi connectivity index (χ2n) is 10.6. The van der Waals surface area contributed by atoms with Gasteiger partial charge in [0.15, 0.2) is 5.65 Å². The van der Waals surface area contributed by atoms with Crippen LogP contribution in [-0.2, 0) is 4.74 Å². The smallest absolute Gasteiger partial charge is 0.410 e. The zero-order chi connectivity index (χ0) is 24.9. The second kappa shape index (κ2) is 8.90. The molecule has 0 N–H and O–H groups in total. The lowest BCUT2D eigenvalue weighted by atomic mass is 10.1. The number of hydrogen-bond acceptors (Lipinski definition) is 6. The molecular weight excluding hydrogens is 464 g/mol. The minimum atomic E-state index is -0.522. The molecule has 0 bridgehead atoms. The maximum absolute atomic E-state index is 12.8. The molecule has 2 saturated heterocycles. The third-order valence-corrected chi connectivity index (χ3v) is 6.95. The number of halogens is 1. The number of anilines is 2. The molecule has 1 amide bonds. The van der Waals surface area contributed by atoms with Gasteiger partial charge in [-0.2, -0.15) is 0 Å². The molecule has 1 unspecified atom stereocenters. The molecule has 35 heavy (non-hydrogen) atoms. The SMILES string of the molecule is CC1CN(C(=O)OC(C)(C)C)[C@@H](C)CN1c1ncnc2c1c(N1CCC1)cn2-c1cccc(Cl)c1. The van der Waals surface area contributed by atoms with Crippen LogP contribution in [0.25, 0.3) is 16.7 Å². The van der Waals surface area contributed by atoms with Crippen LogP contribution in [0.5, 0.6) is 0 Å². The number of ether oxygens (including phenoxy) is 1. The summed E-state index contributed by atoms with van der Waals surface area (Å²) in [6, 6.07) is 7.86. The summed E-state index contributed by atoms with van der Waals surface area (Å²) in [5.41, 5.74) is 2.44. The Morgan fingerprint density at radius 1 is 1.11 bits per heavy atom. The summed E-state index contributed by atoms with van der Waals surface area (Å²) in [7, 11) is 0. The number of nitrogens with zero attached hydrogens (tertiary/aromatic N) is 6. The molecule has 8 nitrogen and oxygen atoms in total. The van der Waals surface area contributed by atoms with Crippen molar-refractivity contribution in [2.24, 2.45) is 0 Å². The third-order valence-electron chi connectivity index (χ3n) is 6.71. The number of carbonyl (C=O) groups excluding carboxylic acids is 1. The molecule has 2 atom stereocenters. The standard InChI is InChI=1S/C26H33ClN6O2/c1-17-14-32(25(34)35-26(3,4)5)18(2)13-31(17)23-22-21(30-10-7-11-30)15-33(24(22)29-16-28-23)20-9-6-8-19(27)12-20/h6,8-9,12,15-18H,7,10-11,13-14H2,1-5H3/t17?,18-/m0/s1. The lowest BCUT2D eigenvalue weighted by Gasteiger charge is -2.45. The van der Waals surface area contributed by atoms with Crippen LogP contribution in [0.3, 0.4) is 0 Å². The van der Waals surface area contributed by atoms with E-state index in [1.165, 1.54) is 6.42 Å². The zero-order valence-corrected chi connectivity index (χ0v) is 21.8. The van der Waals surface area contributed by atoms with Crippen LogP contribution < -0.4 is 9.80 Å². The van der Waals surface area contributed by atoms with Gasteiger partial charge in [0, 0.05) is 55.2 Å². The van der Waals surface area contributed by atoms with Crippen molar-refractivity contribution in [3.8, 4) is 5.69 Å². The molecular formula is C26H33ClN6O2. The number of piperazine rings is 1. The highest BCUT2D eigenvalue weighted by Crippen LogP contribution is 2.39. The molecule has 0 saturated carbocycles. The predicted molar refractivity (Wildman–Crippen MR) is 140 cm³/mol. The molecule has 0 spiro atoms. The number of aromatic nitrogens is 3. The van der Waals surface area contributed by atoms with Gasteiger partial charge in [0.05, 0.1) is 11.1 Å². The molecule has 186 valence electrons. The average Bonchev–Trinajstić information content (AvgIpc) is 3.12. The molecule has 9 heteroatoms. The van der Waals surface area contributed by atoms with E-state index in [4.69, 9.17) is 26.3 Å². The van der Waals surface area contributed by atoms with E-state index in [0.717, 1.165) is 41.3 Å². The molecule has 2 fully saturated rings. The summed E-state index contributed by atoms with van der Waals surface area (Å²) in [5.74, 6) is 0.904. The quantitative estimate of drug-likeness (QED) is 0.501. The van der Waals surface area contributed by atoms with E-state index in [-0.39, 0.29) is 18.2 Å². The molecule has 2 aliphatic rings. The van der Waals surface area contributed by atoms with Gasteiger partial charge in [0.2, 0.25) is 0 Å². The lowest BCUT2D eigenvalue weighted by Crippen LogP contribution is -2.59. The van der Waals surface area contributed by atoms with Crippen LogP contribution in [0.15, 0.2) is 36.8 Å². The van der Waals surface area contributed by atoms with Crippen molar-refractivity contribution in [2.45, 2.75) is 58.7 Å². The summed E-state index contributed by atoms with van der Waals surface area (Å²) in [5, 5.41) is 1.72. The van der Waals surface area contributed by atoms with Crippen LogP contribution in [0.4, 0.5) is 16.3 Å². The van der Waals surface area contributed by atoms with Crippen molar-refractivity contribution in [3.63, 3.8) is 0 Å². The molecule has 2 aliphatic heterocycles. The van der Waals surface area contributed by atoms with Gasteiger partial charge >= 0.3 is 6.09 Å². The topological polar surface area (TPSA) is 66.7 Å². The van der Waals surface area contributed by atoms with Gasteiger partial charge < -0.3 is 19.4 Å². The van der Waals surface area contributed by atoms with E-state index in [0.29, 0.717) is 18.1 Å². The first-order valence-electron chi connectivity index (χ1n) is 12.3. The van der Waals surface area contributed by atoms with Gasteiger partial charge in [-0.1, -0.05) is 17.7 Å². The Morgan fingerprint density at radius 2 is 1.89 bits per heavy atom. The van der Waals surface area contributed by atoms with Crippen molar-refractivity contribution < 1.29 is 9.53 Å². The molecule has 0 aliphatic carbocycles. The summed E-state index contributed by atoms with van der Waals surface area (Å²) in [6.07, 6.45) is 4.70. The summed E-state index contributed by atoms with van der Waals surface area (Å²) < 4.78 is 7.77. The lowest BCUT2D eigenvalue weighted by molar-refractivity contribution is 0.0130. The maximum atomic E-state index is 12.8. The first kappa shape index (κ1) is 23.7. The molecule has 5 rings (SSSR count). The Balaban J connectivity index is 1.54. The normalized spacial score (nSPS) is 20.8. The Kier molecular flexibility index (Phi) is 6.03. The fourth-order valence-corrected chi connectivity index (χ4v) is 5.05. The average molecular weight is 497 g/mol. The first-order valence-corrected chi connectivity index (χ1v) is 12.6. The monoisotopic (exact) mass is 496 g/mol. The van der Waals surface area contributed by atoms with Crippen molar-refractivity contribution >= 4 is 40.2 Å². The summed E-state index contributed by atoms with van der Waals surface area (Å²) >= 11 is 6.31. The number of benzene rings is 1. The second-order valence-corrected chi connectivity index (χ2v) is 11.0. The highest BCUT2D eigenvalue weighted by molar-refractivity contribution is 6.30. The first-order chi connectivity index (χ1) is 16.6. The predicted octanol–water partition coefficient (Wildman–Crippen LogP) is 5.12. The third kappa shape index (κ3) is 4.51. The fraction of sp³-hybridized carbons (Fsp3) is 0.500. The zero-order valence-electron chi connectivity index (χ0n) is 21.0. The molecule has 2 aromatic heterocycles. The van der Waals surface area contributed by atoms with Gasteiger partial charge in [-0.15, -0.1) is 0 Å². The van der Waals surface area contributed by atoms with Crippen LogP contribution >= 0.6 is 11.6 Å². The van der Waals surface area contributed by atoms with Crippen LogP contribution in [0.2, 0.25) is 5.02 Å². The minimum Gasteiger partial charge on any atom is -0.444 e.